The smallest absolute Gasteiger partial charge is 0.387 e. The highest BCUT2D eigenvalue weighted by Gasteiger charge is 2.40. The van der Waals surface area contributed by atoms with E-state index in [1.165, 1.54) is 24.0 Å². The van der Waals surface area contributed by atoms with E-state index in [0.717, 1.165) is 18.4 Å². The Bertz CT molecular complexity index is 1240. The Hall–Kier alpha value is -3.76. The van der Waals surface area contributed by atoms with Crippen LogP contribution in [0.5, 0.6) is 11.5 Å². The molecule has 1 amide bonds. The summed E-state index contributed by atoms with van der Waals surface area (Å²) >= 11 is 0. The van der Waals surface area contributed by atoms with E-state index in [-0.39, 0.29) is 48.6 Å². The lowest BCUT2D eigenvalue weighted by Crippen LogP contribution is -2.40. The average Bonchev–Trinajstić information content (AvgIpc) is 3.60. The molecule has 0 radical (unpaired) electrons. The Labute approximate surface area is 231 Å². The molecule has 0 bridgehead atoms. The van der Waals surface area contributed by atoms with Crippen molar-refractivity contribution in [1.82, 2.24) is 9.88 Å². The highest BCUT2D eigenvalue weighted by Crippen LogP contribution is 2.39. The largest absolute Gasteiger partial charge is 0.489 e. The molecule has 4 rings (SSSR count). The van der Waals surface area contributed by atoms with E-state index in [9.17, 15) is 23.2 Å². The average molecular weight is 561 g/mol. The lowest BCUT2D eigenvalue weighted by Gasteiger charge is -2.21. The molecule has 1 saturated heterocycles. The van der Waals surface area contributed by atoms with Gasteiger partial charge in [-0.1, -0.05) is 12.1 Å². The number of esters is 2. The molecule has 1 saturated carbocycles. The van der Waals surface area contributed by atoms with Crippen molar-refractivity contribution in [1.29, 1.82) is 0 Å². The first-order valence-electron chi connectivity index (χ1n) is 13.2. The van der Waals surface area contributed by atoms with Crippen LogP contribution >= 0.6 is 0 Å². The number of halogens is 2. The van der Waals surface area contributed by atoms with Crippen molar-refractivity contribution in [3.63, 3.8) is 0 Å². The molecule has 1 aromatic heterocycles. The van der Waals surface area contributed by atoms with Gasteiger partial charge in [0, 0.05) is 19.4 Å². The second-order valence-electron chi connectivity index (χ2n) is 11.1. The monoisotopic (exact) mass is 560 g/mol. The van der Waals surface area contributed by atoms with Crippen LogP contribution < -0.4 is 9.47 Å². The van der Waals surface area contributed by atoms with Crippen LogP contribution in [0.3, 0.4) is 0 Å². The Morgan fingerprint density at radius 1 is 1.10 bits per heavy atom. The molecule has 2 atom stereocenters. The molecule has 216 valence electrons. The number of hydrogen-bond acceptors (Lipinski definition) is 8. The molecule has 0 spiro atoms. The fourth-order valence-electron chi connectivity index (χ4n) is 4.47. The van der Waals surface area contributed by atoms with Gasteiger partial charge in [-0.2, -0.15) is 8.78 Å². The van der Waals surface area contributed by atoms with Crippen molar-refractivity contribution in [3.8, 4) is 11.5 Å². The molecular formula is C29H34F2N2O7. The minimum absolute atomic E-state index is 0.0575. The van der Waals surface area contributed by atoms with E-state index in [2.05, 4.69) is 9.72 Å². The lowest BCUT2D eigenvalue weighted by molar-refractivity contribution is -0.154. The predicted molar refractivity (Wildman–Crippen MR) is 139 cm³/mol. The number of benzene rings is 1. The summed E-state index contributed by atoms with van der Waals surface area (Å²) in [7, 11) is 0. The summed E-state index contributed by atoms with van der Waals surface area (Å²) in [5, 5.41) is 0. The summed E-state index contributed by atoms with van der Waals surface area (Å²) in [5.74, 6) is -1.19. The van der Waals surface area contributed by atoms with E-state index in [1.807, 2.05) is 0 Å². The van der Waals surface area contributed by atoms with Gasteiger partial charge in [-0.25, -0.2) is 14.6 Å². The van der Waals surface area contributed by atoms with Crippen LogP contribution in [0.15, 0.2) is 36.4 Å². The van der Waals surface area contributed by atoms with Crippen LogP contribution in [0.2, 0.25) is 0 Å². The summed E-state index contributed by atoms with van der Waals surface area (Å²) < 4.78 is 47.1. The van der Waals surface area contributed by atoms with Crippen LogP contribution in [-0.4, -0.2) is 59.1 Å². The van der Waals surface area contributed by atoms with Crippen molar-refractivity contribution in [2.45, 2.75) is 77.7 Å². The maximum absolute atomic E-state index is 13.1. The van der Waals surface area contributed by atoms with Gasteiger partial charge in [-0.3, -0.25) is 4.79 Å². The third-order valence-corrected chi connectivity index (χ3v) is 6.58. The SMILES string of the molecule is CC(=O)N1C[C@H](c2ccc(OC(F)F)c(OCC3CC3)c2)C[C@@H]1C(=O)OCc1cccc(C(=O)OC(C)(C)C)n1. The topological polar surface area (TPSA) is 104 Å². The molecule has 1 aliphatic carbocycles. The molecule has 0 N–H and O–H groups in total. The van der Waals surface area contributed by atoms with Crippen molar-refractivity contribution in [3.05, 3.63) is 53.3 Å². The second-order valence-corrected chi connectivity index (χ2v) is 11.1. The molecule has 2 heterocycles. The number of likely N-dealkylation sites (tertiary alicyclic amines) is 1. The van der Waals surface area contributed by atoms with Gasteiger partial charge in [0.25, 0.3) is 0 Å². The predicted octanol–water partition coefficient (Wildman–Crippen LogP) is 4.87. The van der Waals surface area contributed by atoms with E-state index >= 15 is 0 Å². The molecular weight excluding hydrogens is 526 g/mol. The number of rotatable bonds is 10. The van der Waals surface area contributed by atoms with Crippen molar-refractivity contribution in [2.24, 2.45) is 5.92 Å². The Balaban J connectivity index is 1.44. The van der Waals surface area contributed by atoms with Gasteiger partial charge < -0.3 is 23.8 Å². The highest BCUT2D eigenvalue weighted by molar-refractivity contribution is 5.87. The fourth-order valence-corrected chi connectivity index (χ4v) is 4.47. The zero-order valence-corrected chi connectivity index (χ0v) is 23.0. The zero-order valence-electron chi connectivity index (χ0n) is 23.0. The molecule has 40 heavy (non-hydrogen) atoms. The third-order valence-electron chi connectivity index (χ3n) is 6.58. The summed E-state index contributed by atoms with van der Waals surface area (Å²) in [4.78, 5) is 43.5. The van der Waals surface area contributed by atoms with Crippen molar-refractivity contribution >= 4 is 17.8 Å². The number of carbonyl (C=O) groups excluding carboxylic acids is 3. The van der Waals surface area contributed by atoms with Gasteiger partial charge in [-0.15, -0.1) is 0 Å². The summed E-state index contributed by atoms with van der Waals surface area (Å²) in [6.07, 6.45) is 2.35. The van der Waals surface area contributed by atoms with Gasteiger partial charge in [-0.05, 0) is 75.8 Å². The van der Waals surface area contributed by atoms with Crippen LogP contribution in [0.4, 0.5) is 8.78 Å². The second kappa shape index (κ2) is 12.2. The minimum Gasteiger partial charge on any atom is -0.489 e. The summed E-state index contributed by atoms with van der Waals surface area (Å²) in [6, 6.07) is 8.62. The van der Waals surface area contributed by atoms with Gasteiger partial charge in [0.2, 0.25) is 5.91 Å². The van der Waals surface area contributed by atoms with Gasteiger partial charge >= 0.3 is 18.6 Å². The maximum Gasteiger partial charge on any atom is 0.387 e. The molecule has 11 heteroatoms. The van der Waals surface area contributed by atoms with E-state index in [0.29, 0.717) is 18.2 Å². The third kappa shape index (κ3) is 7.89. The number of ether oxygens (including phenoxy) is 4. The maximum atomic E-state index is 13.1. The Morgan fingerprint density at radius 2 is 1.85 bits per heavy atom. The summed E-state index contributed by atoms with van der Waals surface area (Å²) in [5.41, 5.74) is 0.499. The number of amides is 1. The quantitative estimate of drug-likeness (QED) is 0.379. The number of hydrogen-bond donors (Lipinski definition) is 0. The molecule has 1 aromatic carbocycles. The van der Waals surface area contributed by atoms with Gasteiger partial charge in [0.15, 0.2) is 11.5 Å². The lowest BCUT2D eigenvalue weighted by atomic mass is 9.96. The Kier molecular flexibility index (Phi) is 8.90. The molecule has 1 aliphatic heterocycles. The first-order valence-corrected chi connectivity index (χ1v) is 13.2. The first kappa shape index (κ1) is 29.2. The standard InChI is InChI=1S/C29H34F2N2O7/c1-17(34)33-14-20(19-10-11-24(39-28(30)31)25(13-19)37-15-18-8-9-18)12-23(33)27(36)38-16-21-6-5-7-22(32-21)26(35)40-29(2,3)4/h5-7,10-11,13,18,20,23,28H,8-9,12,14-16H2,1-4H3/t20-,23-/m1/s1. The summed E-state index contributed by atoms with van der Waals surface area (Å²) in [6.45, 7) is 4.09. The Morgan fingerprint density at radius 3 is 2.50 bits per heavy atom. The fraction of sp³-hybridized carbons (Fsp3) is 0.517. The van der Waals surface area contributed by atoms with E-state index < -0.39 is 30.2 Å². The van der Waals surface area contributed by atoms with Gasteiger partial charge in [0.05, 0.1) is 12.3 Å². The molecule has 2 aromatic rings. The molecule has 2 fully saturated rings. The van der Waals surface area contributed by atoms with Crippen LogP contribution in [0.25, 0.3) is 0 Å². The van der Waals surface area contributed by atoms with Crippen LogP contribution in [0, 0.1) is 5.92 Å². The number of nitrogens with zero attached hydrogens (tertiary/aromatic N) is 2. The highest BCUT2D eigenvalue weighted by atomic mass is 19.3. The van der Waals surface area contributed by atoms with Gasteiger partial charge in [0.1, 0.15) is 23.9 Å². The molecule has 9 nitrogen and oxygen atoms in total. The molecule has 0 unspecified atom stereocenters. The van der Waals surface area contributed by atoms with Crippen LogP contribution in [0.1, 0.15) is 74.6 Å². The van der Waals surface area contributed by atoms with E-state index in [4.69, 9.17) is 14.2 Å². The number of alkyl halides is 2. The van der Waals surface area contributed by atoms with Crippen molar-refractivity contribution < 1.29 is 42.1 Å². The number of aromatic nitrogens is 1. The normalized spacial score (nSPS) is 18.9. The number of carbonyl (C=O) groups is 3. The van der Waals surface area contributed by atoms with E-state index in [1.54, 1.807) is 45.0 Å². The minimum atomic E-state index is -2.99. The molecule has 2 aliphatic rings. The zero-order chi connectivity index (χ0) is 29.0. The van der Waals surface area contributed by atoms with Crippen LogP contribution in [-0.2, 0) is 25.7 Å². The number of pyridine rings is 1. The van der Waals surface area contributed by atoms with Crippen molar-refractivity contribution in [2.75, 3.05) is 13.2 Å². The first-order chi connectivity index (χ1) is 18.9.